The predicted octanol–water partition coefficient (Wildman–Crippen LogP) is 8.70. The van der Waals surface area contributed by atoms with E-state index in [-0.39, 0.29) is 17.8 Å². The molecule has 0 saturated heterocycles. The second kappa shape index (κ2) is 13.5. The largest absolute Gasteiger partial charge is 0.507 e. The lowest BCUT2D eigenvalue weighted by atomic mass is 9.83. The maximum atomic E-state index is 12.2. The molecular formula is C28H46O2. The van der Waals surface area contributed by atoms with Crippen molar-refractivity contribution in [3.05, 3.63) is 40.5 Å². The van der Waals surface area contributed by atoms with Crippen molar-refractivity contribution in [3.63, 3.8) is 0 Å². The molecule has 1 atom stereocenters. The number of hydrogen-bond donors (Lipinski definition) is 1. The maximum absolute atomic E-state index is 12.2. The van der Waals surface area contributed by atoms with Crippen LogP contribution in [-0.4, -0.2) is 10.9 Å². The highest BCUT2D eigenvalue weighted by Gasteiger charge is 2.22. The van der Waals surface area contributed by atoms with Crippen molar-refractivity contribution in [1.29, 1.82) is 0 Å². The van der Waals surface area contributed by atoms with Gasteiger partial charge in [0.1, 0.15) is 11.5 Å². The Bertz CT molecular complexity index is 800. The Balaban J connectivity index is 0.00000198. The van der Waals surface area contributed by atoms with Gasteiger partial charge in [-0.1, -0.05) is 81.4 Å². The van der Waals surface area contributed by atoms with Crippen molar-refractivity contribution < 1.29 is 9.90 Å². The molecule has 170 valence electrons. The molecule has 0 aliphatic carbocycles. The molecule has 0 spiro atoms. The first kappa shape index (κ1) is 28.2. The molecule has 0 amide bonds. The number of ketones is 1. The van der Waals surface area contributed by atoms with Crippen molar-refractivity contribution >= 4 is 16.6 Å². The number of carbonyl (C=O) groups is 1. The normalized spacial score (nSPS) is 11.6. The van der Waals surface area contributed by atoms with Crippen LogP contribution >= 0.6 is 0 Å². The van der Waals surface area contributed by atoms with Crippen LogP contribution in [0.15, 0.2) is 18.2 Å². The number of rotatable bonds is 7. The molecule has 0 radical (unpaired) electrons. The number of phenols is 1. The molecule has 1 N–H and O–H groups in total. The van der Waals surface area contributed by atoms with Crippen molar-refractivity contribution in [2.75, 3.05) is 0 Å². The van der Waals surface area contributed by atoms with Gasteiger partial charge in [-0.15, -0.1) is 0 Å². The van der Waals surface area contributed by atoms with E-state index < -0.39 is 0 Å². The third kappa shape index (κ3) is 6.59. The number of aryl methyl sites for hydroxylation is 2. The van der Waals surface area contributed by atoms with Gasteiger partial charge in [-0.25, -0.2) is 0 Å². The first-order valence-electron chi connectivity index (χ1n) is 12.0. The molecule has 2 aromatic carbocycles. The third-order valence-electron chi connectivity index (χ3n) is 5.68. The maximum Gasteiger partial charge on any atom is 0.135 e. The fraction of sp³-hybridized carbons (Fsp3) is 0.607. The summed E-state index contributed by atoms with van der Waals surface area (Å²) in [5, 5.41) is 13.4. The van der Waals surface area contributed by atoms with Crippen molar-refractivity contribution in [1.82, 2.24) is 0 Å². The summed E-state index contributed by atoms with van der Waals surface area (Å²) in [5.41, 5.74) is 4.50. The molecule has 2 heteroatoms. The fourth-order valence-electron chi connectivity index (χ4n) is 3.70. The van der Waals surface area contributed by atoms with Gasteiger partial charge in [0.25, 0.3) is 0 Å². The average Bonchev–Trinajstić information content (AvgIpc) is 2.74. The number of phenolic OH excluding ortho intramolecular Hbond substituents is 1. The summed E-state index contributed by atoms with van der Waals surface area (Å²) in [7, 11) is 0. The first-order valence-corrected chi connectivity index (χ1v) is 12.0. The molecule has 30 heavy (non-hydrogen) atoms. The number of benzene rings is 2. The summed E-state index contributed by atoms with van der Waals surface area (Å²) in [6.07, 6.45) is 2.27. The van der Waals surface area contributed by atoms with Gasteiger partial charge in [-0.3, -0.25) is 4.79 Å². The number of Topliss-reactive ketones (excluding diaryl/α,β-unsaturated/α-hetero) is 1. The minimum atomic E-state index is 0.0697. The monoisotopic (exact) mass is 414 g/mol. The molecule has 2 rings (SSSR count). The Morgan fingerprint density at radius 2 is 1.57 bits per heavy atom. The Kier molecular flexibility index (Phi) is 12.6. The number of aromatic hydroxyl groups is 1. The van der Waals surface area contributed by atoms with Crippen molar-refractivity contribution in [2.24, 2.45) is 5.92 Å². The minimum Gasteiger partial charge on any atom is -0.507 e. The lowest BCUT2D eigenvalue weighted by Gasteiger charge is -2.23. The van der Waals surface area contributed by atoms with Crippen molar-refractivity contribution in [2.45, 2.75) is 107 Å². The smallest absolute Gasteiger partial charge is 0.135 e. The lowest BCUT2D eigenvalue weighted by molar-refractivity contribution is -0.121. The van der Waals surface area contributed by atoms with Gasteiger partial charge in [-0.05, 0) is 65.1 Å². The molecule has 0 fully saturated rings. The SMILES string of the molecule is CC.CC.CC[C@H](C)c1c(O)c(C(C)C)cc2ccc(C)c(CCC(=O)C(C)C)c12. The van der Waals surface area contributed by atoms with Crippen LogP contribution in [0.2, 0.25) is 0 Å². The summed E-state index contributed by atoms with van der Waals surface area (Å²) in [4.78, 5) is 12.2. The summed E-state index contributed by atoms with van der Waals surface area (Å²) in [6.45, 7) is 22.6. The van der Waals surface area contributed by atoms with E-state index in [9.17, 15) is 9.90 Å². The van der Waals surface area contributed by atoms with Crippen LogP contribution in [0, 0.1) is 12.8 Å². The summed E-state index contributed by atoms with van der Waals surface area (Å²) >= 11 is 0. The molecule has 0 aliphatic rings. The molecule has 2 aromatic rings. The molecule has 0 heterocycles. The van der Waals surface area contributed by atoms with Gasteiger partial charge >= 0.3 is 0 Å². The van der Waals surface area contributed by atoms with E-state index in [1.165, 1.54) is 16.5 Å². The zero-order valence-electron chi connectivity index (χ0n) is 21.4. The number of fused-ring (bicyclic) bond motifs is 1. The second-order valence-corrected chi connectivity index (χ2v) is 8.27. The number of hydrogen-bond acceptors (Lipinski definition) is 2. The lowest BCUT2D eigenvalue weighted by Crippen LogP contribution is -2.09. The average molecular weight is 415 g/mol. The highest BCUT2D eigenvalue weighted by atomic mass is 16.3. The van der Waals surface area contributed by atoms with E-state index in [2.05, 4.69) is 52.8 Å². The molecular weight excluding hydrogens is 368 g/mol. The van der Waals surface area contributed by atoms with E-state index in [0.717, 1.165) is 29.4 Å². The second-order valence-electron chi connectivity index (χ2n) is 8.27. The van der Waals surface area contributed by atoms with Crippen LogP contribution in [0.1, 0.15) is 116 Å². The van der Waals surface area contributed by atoms with Crippen LogP contribution in [-0.2, 0) is 11.2 Å². The summed E-state index contributed by atoms with van der Waals surface area (Å²) in [6, 6.07) is 6.45. The van der Waals surface area contributed by atoms with Gasteiger partial charge in [0, 0.05) is 17.9 Å². The van der Waals surface area contributed by atoms with Gasteiger partial charge in [0.15, 0.2) is 0 Å². The van der Waals surface area contributed by atoms with E-state index >= 15 is 0 Å². The van der Waals surface area contributed by atoms with Gasteiger partial charge in [-0.2, -0.15) is 0 Å². The van der Waals surface area contributed by atoms with E-state index in [1.54, 1.807) is 0 Å². The van der Waals surface area contributed by atoms with Crippen LogP contribution < -0.4 is 0 Å². The Labute approximate surface area is 186 Å². The van der Waals surface area contributed by atoms with Crippen molar-refractivity contribution in [3.8, 4) is 5.75 Å². The van der Waals surface area contributed by atoms with E-state index in [1.807, 2.05) is 41.5 Å². The highest BCUT2D eigenvalue weighted by molar-refractivity contribution is 5.94. The number of carbonyl (C=O) groups excluding carboxylic acids is 1. The van der Waals surface area contributed by atoms with E-state index in [0.29, 0.717) is 18.0 Å². The standard InChI is InChI=1S/C24H34O2.2C2H6/c1-8-16(6)22-23-18(13-20(14(2)3)24(22)26)10-9-17(7)19(23)11-12-21(25)15(4)5;2*1-2/h9-10,13-16,26H,8,11-12H2,1-7H3;2*1-2H3/t16-;;/m0../s1. The molecule has 0 bridgehead atoms. The van der Waals surface area contributed by atoms with Gasteiger partial charge in [0.05, 0.1) is 0 Å². The van der Waals surface area contributed by atoms with Gasteiger partial charge in [0.2, 0.25) is 0 Å². The Morgan fingerprint density at radius 3 is 2.03 bits per heavy atom. The quantitative estimate of drug-likeness (QED) is 0.492. The van der Waals surface area contributed by atoms with Crippen LogP contribution in [0.5, 0.6) is 5.75 Å². The predicted molar refractivity (Wildman–Crippen MR) is 134 cm³/mol. The topological polar surface area (TPSA) is 37.3 Å². The fourth-order valence-corrected chi connectivity index (χ4v) is 3.70. The van der Waals surface area contributed by atoms with Gasteiger partial charge < -0.3 is 5.11 Å². The zero-order valence-corrected chi connectivity index (χ0v) is 21.4. The van der Waals surface area contributed by atoms with Crippen LogP contribution in [0.25, 0.3) is 10.8 Å². The van der Waals surface area contributed by atoms with Crippen LogP contribution in [0.4, 0.5) is 0 Å². The minimum absolute atomic E-state index is 0.0697. The summed E-state index contributed by atoms with van der Waals surface area (Å²) < 4.78 is 0. The van der Waals surface area contributed by atoms with E-state index in [4.69, 9.17) is 0 Å². The Hall–Kier alpha value is -1.83. The molecule has 0 saturated carbocycles. The van der Waals surface area contributed by atoms with Crippen LogP contribution in [0.3, 0.4) is 0 Å². The molecule has 2 nitrogen and oxygen atoms in total. The Morgan fingerprint density at radius 1 is 1.00 bits per heavy atom. The zero-order chi connectivity index (χ0) is 23.6. The molecule has 0 aliphatic heterocycles. The molecule has 0 aromatic heterocycles. The molecule has 0 unspecified atom stereocenters. The third-order valence-corrected chi connectivity index (χ3v) is 5.68. The highest BCUT2D eigenvalue weighted by Crippen LogP contribution is 2.42. The summed E-state index contributed by atoms with van der Waals surface area (Å²) in [5.74, 6) is 1.37. The first-order chi connectivity index (χ1) is 14.2.